The van der Waals surface area contributed by atoms with Gasteiger partial charge in [0, 0.05) is 5.69 Å². The Morgan fingerprint density at radius 1 is 1.29 bits per heavy atom. The van der Waals surface area contributed by atoms with Gasteiger partial charge in [0.2, 0.25) is 11.7 Å². The second-order valence-corrected chi connectivity index (χ2v) is 4.50. The number of halogens is 3. The number of anilines is 1. The largest absolute Gasteiger partial charge is 0.449 e. The fraction of sp³-hybridized carbons (Fsp3) is 0.250. The van der Waals surface area contributed by atoms with Gasteiger partial charge in [-0.2, -0.15) is 18.2 Å². The van der Waals surface area contributed by atoms with Gasteiger partial charge >= 0.3 is 6.18 Å². The molecule has 0 aliphatic heterocycles. The van der Waals surface area contributed by atoms with Crippen LogP contribution in [0.15, 0.2) is 22.7 Å². The molecule has 1 aromatic carbocycles. The van der Waals surface area contributed by atoms with E-state index in [9.17, 15) is 13.2 Å². The van der Waals surface area contributed by atoms with E-state index in [4.69, 9.17) is 10.3 Å². The average molecular weight is 297 g/mol. The van der Waals surface area contributed by atoms with Crippen molar-refractivity contribution in [3.8, 4) is 0 Å². The highest BCUT2D eigenvalue weighted by atomic mass is 19.4. The van der Waals surface area contributed by atoms with Crippen LogP contribution in [-0.4, -0.2) is 19.7 Å². The third kappa shape index (κ3) is 2.41. The number of nitrogen functional groups attached to an aromatic ring is 1. The van der Waals surface area contributed by atoms with Crippen LogP contribution >= 0.6 is 0 Å². The van der Waals surface area contributed by atoms with E-state index in [1.165, 1.54) is 18.2 Å². The summed E-state index contributed by atoms with van der Waals surface area (Å²) < 4.78 is 45.2. The smallest absolute Gasteiger partial charge is 0.399 e. The maximum Gasteiger partial charge on any atom is 0.449 e. The quantitative estimate of drug-likeness (QED) is 0.734. The van der Waals surface area contributed by atoms with Gasteiger partial charge in [0.1, 0.15) is 6.54 Å². The number of nitrogens with zero attached hydrogens (tertiary/aromatic N) is 4. The monoisotopic (exact) mass is 297 g/mol. The first kappa shape index (κ1) is 13.4. The van der Waals surface area contributed by atoms with Gasteiger partial charge < -0.3 is 14.8 Å². The van der Waals surface area contributed by atoms with Crippen LogP contribution in [0.3, 0.4) is 0 Å². The standard InChI is InChI=1S/C12H10F3N5O/c1-6-17-10(21-19-6)5-20-9-3-2-7(16)4-8(9)18-11(20)12(13,14)15/h2-4H,5,16H2,1H3. The molecule has 3 rings (SSSR count). The maximum absolute atomic E-state index is 13.1. The fourth-order valence-electron chi connectivity index (χ4n) is 2.06. The number of benzene rings is 1. The molecule has 110 valence electrons. The third-order valence-corrected chi connectivity index (χ3v) is 2.89. The molecule has 0 saturated carbocycles. The molecular weight excluding hydrogens is 287 g/mol. The number of aryl methyl sites for hydroxylation is 1. The fourth-order valence-corrected chi connectivity index (χ4v) is 2.06. The Bertz CT molecular complexity index is 805. The summed E-state index contributed by atoms with van der Waals surface area (Å²) in [4.78, 5) is 7.53. The molecule has 2 N–H and O–H groups in total. The summed E-state index contributed by atoms with van der Waals surface area (Å²) in [6, 6.07) is 4.38. The molecule has 6 nitrogen and oxygen atoms in total. The van der Waals surface area contributed by atoms with E-state index < -0.39 is 12.0 Å². The first-order chi connectivity index (χ1) is 9.84. The molecule has 0 spiro atoms. The van der Waals surface area contributed by atoms with Crippen molar-refractivity contribution < 1.29 is 17.7 Å². The molecule has 2 aromatic heterocycles. The Kier molecular flexibility index (Phi) is 2.85. The van der Waals surface area contributed by atoms with E-state index in [1.54, 1.807) is 6.92 Å². The van der Waals surface area contributed by atoms with Crippen molar-refractivity contribution in [1.29, 1.82) is 0 Å². The van der Waals surface area contributed by atoms with E-state index in [1.807, 2.05) is 0 Å². The molecule has 0 aliphatic rings. The molecule has 0 atom stereocenters. The van der Waals surface area contributed by atoms with Crippen LogP contribution in [0.5, 0.6) is 0 Å². The Balaban J connectivity index is 2.17. The van der Waals surface area contributed by atoms with E-state index in [2.05, 4.69) is 15.1 Å². The van der Waals surface area contributed by atoms with Crippen molar-refractivity contribution in [2.75, 3.05) is 5.73 Å². The van der Waals surface area contributed by atoms with E-state index in [0.717, 1.165) is 4.57 Å². The van der Waals surface area contributed by atoms with E-state index in [-0.39, 0.29) is 18.0 Å². The van der Waals surface area contributed by atoms with E-state index in [0.29, 0.717) is 17.0 Å². The molecule has 0 aliphatic carbocycles. The number of rotatable bonds is 2. The predicted octanol–water partition coefficient (Wildman–Crippen LogP) is 2.38. The lowest BCUT2D eigenvalue weighted by molar-refractivity contribution is -0.146. The first-order valence-corrected chi connectivity index (χ1v) is 5.97. The number of hydrogen-bond acceptors (Lipinski definition) is 5. The summed E-state index contributed by atoms with van der Waals surface area (Å²) in [6.45, 7) is 1.38. The van der Waals surface area contributed by atoms with E-state index >= 15 is 0 Å². The zero-order valence-corrected chi connectivity index (χ0v) is 10.8. The Morgan fingerprint density at radius 2 is 2.05 bits per heavy atom. The second-order valence-electron chi connectivity index (χ2n) is 4.50. The molecule has 0 radical (unpaired) electrons. The van der Waals surface area contributed by atoms with Gasteiger partial charge in [-0.1, -0.05) is 5.16 Å². The second kappa shape index (κ2) is 4.47. The van der Waals surface area contributed by atoms with Crippen LogP contribution in [0.2, 0.25) is 0 Å². The van der Waals surface area contributed by atoms with Gasteiger partial charge in [-0.25, -0.2) is 4.98 Å². The average Bonchev–Trinajstić information content (AvgIpc) is 2.93. The molecule has 0 saturated heterocycles. The van der Waals surface area contributed by atoms with Crippen molar-refractivity contribution in [2.45, 2.75) is 19.6 Å². The van der Waals surface area contributed by atoms with Crippen LogP contribution < -0.4 is 5.73 Å². The molecule has 9 heteroatoms. The lowest BCUT2D eigenvalue weighted by Gasteiger charge is -2.09. The summed E-state index contributed by atoms with van der Waals surface area (Å²) in [5.74, 6) is -0.597. The topological polar surface area (TPSA) is 82.8 Å². The summed E-state index contributed by atoms with van der Waals surface area (Å²) in [5.41, 5.74) is 6.38. The van der Waals surface area contributed by atoms with Crippen molar-refractivity contribution >= 4 is 16.7 Å². The Hall–Kier alpha value is -2.58. The van der Waals surface area contributed by atoms with Gasteiger partial charge in [-0.3, -0.25) is 0 Å². The van der Waals surface area contributed by atoms with Crippen molar-refractivity contribution in [3.63, 3.8) is 0 Å². The summed E-state index contributed by atoms with van der Waals surface area (Å²) in [5, 5.41) is 3.56. The zero-order valence-electron chi connectivity index (χ0n) is 10.8. The molecule has 21 heavy (non-hydrogen) atoms. The number of imidazole rings is 1. The Morgan fingerprint density at radius 3 is 2.67 bits per heavy atom. The summed E-state index contributed by atoms with van der Waals surface area (Å²) in [7, 11) is 0. The normalized spacial score (nSPS) is 12.2. The highest BCUT2D eigenvalue weighted by Crippen LogP contribution is 2.32. The maximum atomic E-state index is 13.1. The van der Waals surface area contributed by atoms with Gasteiger partial charge in [0.25, 0.3) is 0 Å². The van der Waals surface area contributed by atoms with Crippen LogP contribution in [-0.2, 0) is 12.7 Å². The van der Waals surface area contributed by atoms with Crippen LogP contribution in [0.25, 0.3) is 11.0 Å². The minimum atomic E-state index is -4.59. The number of aromatic nitrogens is 4. The molecule has 0 bridgehead atoms. The molecule has 0 fully saturated rings. The highest BCUT2D eigenvalue weighted by Gasteiger charge is 2.38. The van der Waals surface area contributed by atoms with Crippen molar-refractivity contribution in [3.05, 3.63) is 35.7 Å². The minimum absolute atomic E-state index is 0.0779. The lowest BCUT2D eigenvalue weighted by Crippen LogP contribution is -2.15. The minimum Gasteiger partial charge on any atom is -0.399 e. The van der Waals surface area contributed by atoms with Gasteiger partial charge in [0.15, 0.2) is 5.82 Å². The van der Waals surface area contributed by atoms with Gasteiger partial charge in [-0.05, 0) is 25.1 Å². The number of fused-ring (bicyclic) bond motifs is 1. The van der Waals surface area contributed by atoms with Crippen LogP contribution in [0.1, 0.15) is 17.5 Å². The third-order valence-electron chi connectivity index (χ3n) is 2.89. The van der Waals surface area contributed by atoms with Gasteiger partial charge in [-0.15, -0.1) is 0 Å². The SMILES string of the molecule is Cc1noc(Cn2c(C(F)(F)F)nc3cc(N)ccc32)n1. The van der Waals surface area contributed by atoms with Crippen LogP contribution in [0, 0.1) is 6.92 Å². The molecule has 0 amide bonds. The first-order valence-electron chi connectivity index (χ1n) is 5.97. The van der Waals surface area contributed by atoms with Gasteiger partial charge in [0.05, 0.1) is 11.0 Å². The van der Waals surface area contributed by atoms with Crippen molar-refractivity contribution in [2.24, 2.45) is 0 Å². The number of nitrogens with two attached hydrogens (primary N) is 1. The predicted molar refractivity (Wildman–Crippen MR) is 67.3 cm³/mol. The molecular formula is C12H10F3N5O. The molecule has 3 aromatic rings. The molecule has 2 heterocycles. The highest BCUT2D eigenvalue weighted by molar-refractivity contribution is 5.79. The summed E-state index contributed by atoms with van der Waals surface area (Å²) >= 11 is 0. The number of alkyl halides is 3. The Labute approximate surface area is 116 Å². The summed E-state index contributed by atoms with van der Waals surface area (Å²) in [6.07, 6.45) is -4.59. The number of hydrogen-bond donors (Lipinski definition) is 1. The zero-order chi connectivity index (χ0) is 15.2. The van der Waals surface area contributed by atoms with Crippen molar-refractivity contribution in [1.82, 2.24) is 19.7 Å². The lowest BCUT2D eigenvalue weighted by atomic mass is 10.3. The van der Waals surface area contributed by atoms with Crippen LogP contribution in [0.4, 0.5) is 18.9 Å². The molecule has 0 unspecified atom stereocenters.